The third-order valence-corrected chi connectivity index (χ3v) is 4.66. The summed E-state index contributed by atoms with van der Waals surface area (Å²) in [5.74, 6) is -0.142. The van der Waals surface area contributed by atoms with E-state index >= 15 is 0 Å². The molecule has 2 aromatic rings. The Labute approximate surface area is 153 Å². The van der Waals surface area contributed by atoms with Crippen LogP contribution in [0.5, 0.6) is 0 Å². The summed E-state index contributed by atoms with van der Waals surface area (Å²) < 4.78 is 5.60. The van der Waals surface area contributed by atoms with Gasteiger partial charge in [0.25, 0.3) is 0 Å². The Bertz CT molecular complexity index is 821. The van der Waals surface area contributed by atoms with Crippen LogP contribution >= 0.6 is 0 Å². The molecule has 0 radical (unpaired) electrons. The van der Waals surface area contributed by atoms with Crippen molar-refractivity contribution in [3.63, 3.8) is 0 Å². The molecule has 5 nitrogen and oxygen atoms in total. The Hall–Kier alpha value is -2.56. The van der Waals surface area contributed by atoms with Crippen LogP contribution in [0.2, 0.25) is 0 Å². The fourth-order valence-corrected chi connectivity index (χ4v) is 3.13. The molecule has 0 bridgehead atoms. The SMILES string of the molecule is CCCCCC(CC)N=C1CC(=O)c2oc(-c3ccccc3)nc2C1=O. The molecular formula is C21H24N2O3. The molecule has 1 aromatic carbocycles. The molecule has 0 saturated heterocycles. The minimum atomic E-state index is -0.278. The molecule has 0 aliphatic heterocycles. The Kier molecular flexibility index (Phi) is 5.76. The summed E-state index contributed by atoms with van der Waals surface area (Å²) in [6.45, 7) is 4.22. The topological polar surface area (TPSA) is 72.5 Å². The maximum atomic E-state index is 12.8. The number of rotatable bonds is 7. The van der Waals surface area contributed by atoms with Gasteiger partial charge in [-0.05, 0) is 25.0 Å². The monoisotopic (exact) mass is 352 g/mol. The maximum Gasteiger partial charge on any atom is 0.229 e. The molecule has 0 fully saturated rings. The number of aliphatic imine (C=N–C) groups is 1. The number of aromatic nitrogens is 1. The number of fused-ring (bicyclic) bond motifs is 1. The number of carbonyl (C=O) groups excluding carboxylic acids is 2. The summed E-state index contributed by atoms with van der Waals surface area (Å²) in [4.78, 5) is 34.1. The van der Waals surface area contributed by atoms with Gasteiger partial charge in [0, 0.05) is 5.56 Å². The Morgan fingerprint density at radius 2 is 1.92 bits per heavy atom. The molecule has 136 valence electrons. The molecule has 1 unspecified atom stereocenters. The molecule has 1 atom stereocenters. The van der Waals surface area contributed by atoms with Gasteiger partial charge in [0.05, 0.1) is 18.2 Å². The number of hydrogen-bond donors (Lipinski definition) is 0. The van der Waals surface area contributed by atoms with Crippen molar-refractivity contribution in [2.45, 2.75) is 58.4 Å². The van der Waals surface area contributed by atoms with Gasteiger partial charge in [-0.15, -0.1) is 0 Å². The predicted octanol–water partition coefficient (Wildman–Crippen LogP) is 4.91. The quantitative estimate of drug-likeness (QED) is 0.664. The zero-order chi connectivity index (χ0) is 18.5. The van der Waals surface area contributed by atoms with Gasteiger partial charge in [0.2, 0.25) is 23.2 Å². The molecule has 3 rings (SSSR count). The minimum Gasteiger partial charge on any atom is -0.432 e. The molecule has 1 aliphatic carbocycles. The first-order chi connectivity index (χ1) is 12.6. The van der Waals surface area contributed by atoms with E-state index in [-0.39, 0.29) is 35.5 Å². The number of nitrogens with zero attached hydrogens (tertiary/aromatic N) is 2. The van der Waals surface area contributed by atoms with Crippen LogP contribution in [0.25, 0.3) is 11.5 Å². The van der Waals surface area contributed by atoms with Gasteiger partial charge in [-0.3, -0.25) is 14.6 Å². The standard InChI is InChI=1S/C21H24N2O3/c1-3-5-7-12-15(4-2)22-16-13-17(24)20-18(19(16)25)23-21(26-20)14-10-8-6-9-11-14/h6,8-11,15H,3-5,7,12-13H2,1-2H3. The predicted molar refractivity (Wildman–Crippen MR) is 101 cm³/mol. The molecule has 0 saturated carbocycles. The van der Waals surface area contributed by atoms with Gasteiger partial charge in [-0.25, -0.2) is 4.98 Å². The zero-order valence-electron chi connectivity index (χ0n) is 15.3. The van der Waals surface area contributed by atoms with Crippen LogP contribution in [0.3, 0.4) is 0 Å². The van der Waals surface area contributed by atoms with Crippen molar-refractivity contribution in [2.24, 2.45) is 4.99 Å². The molecule has 1 aromatic heterocycles. The van der Waals surface area contributed by atoms with E-state index in [1.807, 2.05) is 30.3 Å². The van der Waals surface area contributed by atoms with Crippen molar-refractivity contribution in [1.29, 1.82) is 0 Å². The molecule has 0 amide bonds. The van der Waals surface area contributed by atoms with Crippen molar-refractivity contribution in [2.75, 3.05) is 0 Å². The summed E-state index contributed by atoms with van der Waals surface area (Å²) >= 11 is 0. The largest absolute Gasteiger partial charge is 0.432 e. The smallest absolute Gasteiger partial charge is 0.229 e. The van der Waals surface area contributed by atoms with Crippen LogP contribution in [-0.2, 0) is 0 Å². The van der Waals surface area contributed by atoms with Crippen LogP contribution in [0.1, 0.15) is 73.4 Å². The van der Waals surface area contributed by atoms with Crippen molar-refractivity contribution < 1.29 is 14.0 Å². The average molecular weight is 352 g/mol. The highest BCUT2D eigenvalue weighted by Crippen LogP contribution is 2.27. The van der Waals surface area contributed by atoms with E-state index in [4.69, 9.17) is 4.42 Å². The molecule has 5 heteroatoms. The summed E-state index contributed by atoms with van der Waals surface area (Å²) in [6, 6.07) is 9.35. The number of Topliss-reactive ketones (excluding diaryl/α,β-unsaturated/α-hetero) is 2. The fraction of sp³-hybridized carbons (Fsp3) is 0.429. The Morgan fingerprint density at radius 1 is 1.15 bits per heavy atom. The van der Waals surface area contributed by atoms with Gasteiger partial charge in [-0.2, -0.15) is 0 Å². The van der Waals surface area contributed by atoms with E-state index < -0.39 is 0 Å². The van der Waals surface area contributed by atoms with Crippen LogP contribution in [0, 0.1) is 0 Å². The zero-order valence-corrected chi connectivity index (χ0v) is 15.3. The summed E-state index contributed by atoms with van der Waals surface area (Å²) in [5, 5.41) is 0. The number of ketones is 2. The summed E-state index contributed by atoms with van der Waals surface area (Å²) in [5.41, 5.74) is 1.16. The normalized spacial score (nSPS) is 16.8. The van der Waals surface area contributed by atoms with E-state index in [0.717, 1.165) is 37.7 Å². The van der Waals surface area contributed by atoms with Crippen molar-refractivity contribution in [1.82, 2.24) is 4.98 Å². The van der Waals surface area contributed by atoms with E-state index in [1.165, 1.54) is 0 Å². The first kappa shape index (κ1) is 18.2. The Balaban J connectivity index is 1.86. The second-order valence-corrected chi connectivity index (χ2v) is 6.63. The van der Waals surface area contributed by atoms with Gasteiger partial charge in [0.15, 0.2) is 5.69 Å². The highest BCUT2D eigenvalue weighted by Gasteiger charge is 2.35. The molecule has 0 spiro atoms. The fourth-order valence-electron chi connectivity index (χ4n) is 3.13. The second kappa shape index (κ2) is 8.21. The lowest BCUT2D eigenvalue weighted by Crippen LogP contribution is -2.28. The number of hydrogen-bond acceptors (Lipinski definition) is 5. The number of unbranched alkanes of at least 4 members (excludes halogenated alkanes) is 2. The van der Waals surface area contributed by atoms with E-state index in [1.54, 1.807) is 0 Å². The minimum absolute atomic E-state index is 0.000462. The van der Waals surface area contributed by atoms with Gasteiger partial charge in [0.1, 0.15) is 0 Å². The number of carbonyl (C=O) groups is 2. The van der Waals surface area contributed by atoms with Crippen molar-refractivity contribution >= 4 is 17.3 Å². The summed E-state index contributed by atoms with van der Waals surface area (Å²) in [7, 11) is 0. The molecule has 0 N–H and O–H groups in total. The van der Waals surface area contributed by atoms with Crippen molar-refractivity contribution in [3.8, 4) is 11.5 Å². The first-order valence-electron chi connectivity index (χ1n) is 9.34. The lowest BCUT2D eigenvalue weighted by atomic mass is 9.96. The lowest BCUT2D eigenvalue weighted by Gasteiger charge is -2.14. The van der Waals surface area contributed by atoms with Crippen molar-refractivity contribution in [3.05, 3.63) is 41.8 Å². The second-order valence-electron chi connectivity index (χ2n) is 6.63. The van der Waals surface area contributed by atoms with Crippen LogP contribution < -0.4 is 0 Å². The van der Waals surface area contributed by atoms with Gasteiger partial charge < -0.3 is 4.42 Å². The molecule has 26 heavy (non-hydrogen) atoms. The lowest BCUT2D eigenvalue weighted by molar-refractivity contribution is 0.0940. The molecular weight excluding hydrogens is 328 g/mol. The van der Waals surface area contributed by atoms with Crippen LogP contribution in [-0.4, -0.2) is 28.3 Å². The first-order valence-corrected chi connectivity index (χ1v) is 9.34. The van der Waals surface area contributed by atoms with Crippen LogP contribution in [0.15, 0.2) is 39.7 Å². The summed E-state index contributed by atoms with van der Waals surface area (Å²) in [6.07, 6.45) is 5.18. The number of oxazole rings is 1. The average Bonchev–Trinajstić information content (AvgIpc) is 3.12. The third kappa shape index (κ3) is 3.82. The van der Waals surface area contributed by atoms with Gasteiger partial charge in [-0.1, -0.05) is 51.3 Å². The molecule has 1 aliphatic rings. The van der Waals surface area contributed by atoms with Crippen LogP contribution in [0.4, 0.5) is 0 Å². The van der Waals surface area contributed by atoms with Gasteiger partial charge >= 0.3 is 0 Å². The van der Waals surface area contributed by atoms with E-state index in [9.17, 15) is 9.59 Å². The Morgan fingerprint density at radius 3 is 2.62 bits per heavy atom. The highest BCUT2D eigenvalue weighted by atomic mass is 16.4. The van der Waals surface area contributed by atoms with E-state index in [0.29, 0.717) is 11.6 Å². The number of benzene rings is 1. The highest BCUT2D eigenvalue weighted by molar-refractivity contribution is 6.52. The third-order valence-electron chi connectivity index (χ3n) is 4.66. The molecule has 1 heterocycles. The maximum absolute atomic E-state index is 12.8. The van der Waals surface area contributed by atoms with E-state index in [2.05, 4.69) is 23.8 Å².